The molecule has 4 nitrogen and oxygen atoms in total. The molecule has 1 aromatic heterocycles. The van der Waals surface area contributed by atoms with E-state index in [-0.39, 0.29) is 0 Å². The molecule has 1 N–H and O–H groups in total. The van der Waals surface area contributed by atoms with Gasteiger partial charge in [-0.3, -0.25) is 4.21 Å². The summed E-state index contributed by atoms with van der Waals surface area (Å²) in [6.45, 7) is 5.82. The standard InChI is InChI=1S/C10H19N3OS/c1-9(2)12-7-10-6-11-8-13(10)4-5-15(3)14/h6,8-9,12H,4-5,7H2,1-3H3. The van der Waals surface area contributed by atoms with Gasteiger partial charge in [-0.2, -0.15) is 0 Å². The summed E-state index contributed by atoms with van der Waals surface area (Å²) in [5, 5.41) is 3.34. The van der Waals surface area contributed by atoms with Crippen LogP contribution in [-0.4, -0.2) is 31.8 Å². The van der Waals surface area contributed by atoms with Crippen molar-refractivity contribution in [1.29, 1.82) is 0 Å². The third kappa shape index (κ3) is 4.57. The van der Waals surface area contributed by atoms with Gasteiger partial charge in [-0.05, 0) is 0 Å². The number of aromatic nitrogens is 2. The first-order valence-corrected chi connectivity index (χ1v) is 6.84. The highest BCUT2D eigenvalue weighted by Gasteiger charge is 2.03. The highest BCUT2D eigenvalue weighted by molar-refractivity contribution is 7.84. The van der Waals surface area contributed by atoms with Crippen LogP contribution in [0, 0.1) is 0 Å². The van der Waals surface area contributed by atoms with E-state index in [0.29, 0.717) is 11.8 Å². The van der Waals surface area contributed by atoms with Gasteiger partial charge in [0.05, 0.1) is 12.0 Å². The quantitative estimate of drug-likeness (QED) is 0.783. The predicted octanol–water partition coefficient (Wildman–Crippen LogP) is 0.760. The van der Waals surface area contributed by atoms with Crippen molar-refractivity contribution in [2.45, 2.75) is 33.0 Å². The van der Waals surface area contributed by atoms with Gasteiger partial charge in [0.15, 0.2) is 0 Å². The lowest BCUT2D eigenvalue weighted by Crippen LogP contribution is -2.23. The van der Waals surface area contributed by atoms with Crippen LogP contribution in [0.3, 0.4) is 0 Å². The Kier molecular flexibility index (Phi) is 4.98. The molecule has 0 bridgehead atoms. The number of aryl methyl sites for hydroxylation is 1. The Bertz CT molecular complexity index is 322. The average Bonchev–Trinajstić information content (AvgIpc) is 2.58. The third-order valence-corrected chi connectivity index (χ3v) is 2.87. The molecular formula is C10H19N3OS. The Labute approximate surface area is 93.5 Å². The SMILES string of the molecule is CC(C)NCc1cncn1CCS(C)=O. The van der Waals surface area contributed by atoms with Crippen LogP contribution in [0.25, 0.3) is 0 Å². The second kappa shape index (κ2) is 6.02. The van der Waals surface area contributed by atoms with Crippen LogP contribution >= 0.6 is 0 Å². The molecule has 0 aliphatic rings. The molecule has 0 radical (unpaired) electrons. The molecule has 0 saturated carbocycles. The van der Waals surface area contributed by atoms with Crippen molar-refractivity contribution in [2.24, 2.45) is 0 Å². The lowest BCUT2D eigenvalue weighted by atomic mass is 10.3. The van der Waals surface area contributed by atoms with E-state index < -0.39 is 10.8 Å². The normalized spacial score (nSPS) is 13.3. The van der Waals surface area contributed by atoms with E-state index in [0.717, 1.165) is 18.8 Å². The van der Waals surface area contributed by atoms with Gasteiger partial charge < -0.3 is 9.88 Å². The molecule has 0 aliphatic heterocycles. The minimum atomic E-state index is -0.740. The topological polar surface area (TPSA) is 46.9 Å². The van der Waals surface area contributed by atoms with Crippen LogP contribution in [0.5, 0.6) is 0 Å². The van der Waals surface area contributed by atoms with E-state index in [1.807, 2.05) is 6.20 Å². The zero-order valence-corrected chi connectivity index (χ0v) is 10.4. The molecular weight excluding hydrogens is 210 g/mol. The summed E-state index contributed by atoms with van der Waals surface area (Å²) in [5.41, 5.74) is 1.15. The second-order valence-electron chi connectivity index (χ2n) is 3.89. The molecule has 86 valence electrons. The maximum absolute atomic E-state index is 11.0. The van der Waals surface area contributed by atoms with E-state index >= 15 is 0 Å². The molecule has 0 saturated heterocycles. The minimum Gasteiger partial charge on any atom is -0.332 e. The number of rotatable bonds is 6. The van der Waals surface area contributed by atoms with Crippen LogP contribution < -0.4 is 5.32 Å². The molecule has 1 rings (SSSR count). The van der Waals surface area contributed by atoms with Crippen LogP contribution in [0.2, 0.25) is 0 Å². The molecule has 0 aliphatic carbocycles. The molecule has 1 unspecified atom stereocenters. The van der Waals surface area contributed by atoms with Gasteiger partial charge in [0.1, 0.15) is 0 Å². The van der Waals surface area contributed by atoms with E-state index in [4.69, 9.17) is 0 Å². The number of hydrogen-bond acceptors (Lipinski definition) is 3. The van der Waals surface area contributed by atoms with Gasteiger partial charge in [0.25, 0.3) is 0 Å². The van der Waals surface area contributed by atoms with Crippen molar-refractivity contribution < 1.29 is 4.21 Å². The maximum Gasteiger partial charge on any atom is 0.0948 e. The first-order chi connectivity index (χ1) is 7.09. The summed E-state index contributed by atoms with van der Waals surface area (Å²) in [6, 6.07) is 0.466. The summed E-state index contributed by atoms with van der Waals surface area (Å²) in [6.07, 6.45) is 5.38. The van der Waals surface area contributed by atoms with Crippen molar-refractivity contribution in [3.05, 3.63) is 18.2 Å². The molecule has 0 fully saturated rings. The summed E-state index contributed by atoms with van der Waals surface area (Å²) in [7, 11) is -0.740. The van der Waals surface area contributed by atoms with Gasteiger partial charge in [0.2, 0.25) is 0 Å². The first-order valence-electron chi connectivity index (χ1n) is 5.12. The molecule has 15 heavy (non-hydrogen) atoms. The monoisotopic (exact) mass is 229 g/mol. The fourth-order valence-corrected chi connectivity index (χ4v) is 1.69. The van der Waals surface area contributed by atoms with Crippen molar-refractivity contribution >= 4 is 10.8 Å². The predicted molar refractivity (Wildman–Crippen MR) is 63.1 cm³/mol. The summed E-state index contributed by atoms with van der Waals surface area (Å²) in [5.74, 6) is 0.686. The molecule has 1 atom stereocenters. The number of hydrogen-bond donors (Lipinski definition) is 1. The van der Waals surface area contributed by atoms with Crippen molar-refractivity contribution in [3.63, 3.8) is 0 Å². The van der Waals surface area contributed by atoms with E-state index in [9.17, 15) is 4.21 Å². The highest BCUT2D eigenvalue weighted by Crippen LogP contribution is 2.00. The smallest absolute Gasteiger partial charge is 0.0948 e. The number of nitrogens with one attached hydrogen (secondary N) is 1. The van der Waals surface area contributed by atoms with E-state index in [1.165, 1.54) is 0 Å². The van der Waals surface area contributed by atoms with Gasteiger partial charge in [-0.25, -0.2) is 4.98 Å². The van der Waals surface area contributed by atoms with Crippen molar-refractivity contribution in [1.82, 2.24) is 14.9 Å². The molecule has 0 spiro atoms. The van der Waals surface area contributed by atoms with Crippen LogP contribution in [0.1, 0.15) is 19.5 Å². The Hall–Kier alpha value is -0.680. The molecule has 5 heteroatoms. The lowest BCUT2D eigenvalue weighted by molar-refractivity contribution is 0.561. The zero-order valence-electron chi connectivity index (χ0n) is 9.56. The van der Waals surface area contributed by atoms with Crippen LogP contribution in [0.4, 0.5) is 0 Å². The Morgan fingerprint density at radius 2 is 2.33 bits per heavy atom. The van der Waals surface area contributed by atoms with Gasteiger partial charge in [-0.15, -0.1) is 0 Å². The third-order valence-electron chi connectivity index (χ3n) is 2.11. The minimum absolute atomic E-state index is 0.466. The maximum atomic E-state index is 11.0. The Balaban J connectivity index is 2.49. The van der Waals surface area contributed by atoms with E-state index in [2.05, 4.69) is 28.7 Å². The molecule has 1 aromatic rings. The lowest BCUT2D eigenvalue weighted by Gasteiger charge is -2.10. The summed E-state index contributed by atoms with van der Waals surface area (Å²) in [4.78, 5) is 4.10. The van der Waals surface area contributed by atoms with Gasteiger partial charge in [0, 0.05) is 48.1 Å². The fraction of sp³-hybridized carbons (Fsp3) is 0.700. The van der Waals surface area contributed by atoms with Gasteiger partial charge in [-0.1, -0.05) is 13.8 Å². The first kappa shape index (κ1) is 12.4. The molecule has 0 amide bonds. The van der Waals surface area contributed by atoms with Crippen LogP contribution in [-0.2, 0) is 23.9 Å². The summed E-state index contributed by atoms with van der Waals surface area (Å²) < 4.78 is 13.0. The Morgan fingerprint density at radius 1 is 1.60 bits per heavy atom. The summed E-state index contributed by atoms with van der Waals surface area (Å²) >= 11 is 0. The number of nitrogens with zero attached hydrogens (tertiary/aromatic N) is 2. The molecule has 1 heterocycles. The fourth-order valence-electron chi connectivity index (χ4n) is 1.23. The largest absolute Gasteiger partial charge is 0.332 e. The Morgan fingerprint density at radius 3 is 2.93 bits per heavy atom. The van der Waals surface area contributed by atoms with Crippen molar-refractivity contribution in [2.75, 3.05) is 12.0 Å². The van der Waals surface area contributed by atoms with Crippen molar-refractivity contribution in [3.8, 4) is 0 Å². The van der Waals surface area contributed by atoms with E-state index in [1.54, 1.807) is 12.6 Å². The second-order valence-corrected chi connectivity index (χ2v) is 5.45. The average molecular weight is 229 g/mol. The van der Waals surface area contributed by atoms with Gasteiger partial charge >= 0.3 is 0 Å². The highest BCUT2D eigenvalue weighted by atomic mass is 32.2. The zero-order chi connectivity index (χ0) is 11.3. The van der Waals surface area contributed by atoms with Crippen LogP contribution in [0.15, 0.2) is 12.5 Å². The molecule has 0 aromatic carbocycles. The number of imidazole rings is 1.